The average molecular weight is 554 g/mol. The summed E-state index contributed by atoms with van der Waals surface area (Å²) in [4.78, 5) is 4.46. The highest BCUT2D eigenvalue weighted by Gasteiger charge is 2.11. The van der Waals surface area contributed by atoms with E-state index in [0.717, 1.165) is 24.2 Å². The van der Waals surface area contributed by atoms with Crippen LogP contribution in [0.5, 0.6) is 0 Å². The predicted molar refractivity (Wildman–Crippen MR) is 134 cm³/mol. The van der Waals surface area contributed by atoms with Gasteiger partial charge in [-0.1, -0.05) is 24.3 Å². The third kappa shape index (κ3) is 7.04. The number of hydrogen-bond acceptors (Lipinski definition) is 4. The molecule has 3 rings (SSSR count). The Balaban J connectivity index is 0.00000341. The van der Waals surface area contributed by atoms with E-state index in [1.165, 1.54) is 12.6 Å². The summed E-state index contributed by atoms with van der Waals surface area (Å²) < 4.78 is 28.0. The second-order valence-electron chi connectivity index (χ2n) is 6.57. The summed E-state index contributed by atoms with van der Waals surface area (Å²) in [6.45, 7) is 1.18. The maximum atomic E-state index is 11.9. The van der Waals surface area contributed by atoms with Crippen LogP contribution in [0, 0.1) is 0 Å². The quantitative estimate of drug-likeness (QED) is 0.226. The molecule has 0 fully saturated rings. The van der Waals surface area contributed by atoms with Crippen LogP contribution in [0.3, 0.4) is 0 Å². The highest BCUT2D eigenvalue weighted by atomic mass is 127. The molecule has 2 aromatic carbocycles. The number of aliphatic imine (C=N–C) groups is 1. The SMILES string of the molecule is CN=C(NCCc1ccc(-n2cccn2)cc1)NCc1cccc(S(=O)(=O)NC)c1.I. The maximum absolute atomic E-state index is 11.9. The Morgan fingerprint density at radius 3 is 2.48 bits per heavy atom. The van der Waals surface area contributed by atoms with Crippen molar-refractivity contribution in [1.82, 2.24) is 25.1 Å². The van der Waals surface area contributed by atoms with Crippen LogP contribution in [0.2, 0.25) is 0 Å². The number of nitrogens with zero attached hydrogens (tertiary/aromatic N) is 3. The lowest BCUT2D eigenvalue weighted by Gasteiger charge is -2.13. The topological polar surface area (TPSA) is 100 Å². The Morgan fingerprint density at radius 1 is 1.06 bits per heavy atom. The van der Waals surface area contributed by atoms with Crippen LogP contribution in [0.1, 0.15) is 11.1 Å². The third-order valence-corrected chi connectivity index (χ3v) is 5.98. The van der Waals surface area contributed by atoms with Gasteiger partial charge in [0.1, 0.15) is 0 Å². The normalized spacial score (nSPS) is 11.6. The first-order chi connectivity index (χ1) is 14.5. The minimum Gasteiger partial charge on any atom is -0.356 e. The number of aromatic nitrogens is 2. The van der Waals surface area contributed by atoms with Gasteiger partial charge in [-0.15, -0.1) is 24.0 Å². The van der Waals surface area contributed by atoms with Crippen LogP contribution in [0.15, 0.2) is 76.9 Å². The Kier molecular flexibility index (Phi) is 9.46. The van der Waals surface area contributed by atoms with Crippen molar-refractivity contribution < 1.29 is 8.42 Å². The molecule has 0 radical (unpaired) electrons. The molecule has 166 valence electrons. The fraction of sp³-hybridized carbons (Fsp3) is 0.238. The molecule has 1 aromatic heterocycles. The van der Waals surface area contributed by atoms with Gasteiger partial charge in [0.15, 0.2) is 5.96 Å². The van der Waals surface area contributed by atoms with E-state index in [0.29, 0.717) is 12.5 Å². The molecule has 0 unspecified atom stereocenters. The number of rotatable bonds is 8. The van der Waals surface area contributed by atoms with Gasteiger partial charge in [0.2, 0.25) is 10.0 Å². The molecule has 8 nitrogen and oxygen atoms in total. The van der Waals surface area contributed by atoms with Crippen molar-refractivity contribution in [2.45, 2.75) is 17.9 Å². The van der Waals surface area contributed by atoms with Gasteiger partial charge in [0, 0.05) is 32.5 Å². The standard InChI is InChI=1S/C21H26N6O2S.HI/c1-22-21(25-16-18-5-3-6-20(15-18)30(28,29)23-2)24-13-11-17-7-9-19(10-8-17)27-14-4-12-26-27;/h3-10,12,14-15,23H,11,13,16H2,1-2H3,(H2,22,24,25);1H. The fourth-order valence-electron chi connectivity index (χ4n) is 2.91. The van der Waals surface area contributed by atoms with Gasteiger partial charge in [-0.2, -0.15) is 5.10 Å². The Bertz CT molecular complexity index is 1080. The van der Waals surface area contributed by atoms with Gasteiger partial charge < -0.3 is 10.6 Å². The van der Waals surface area contributed by atoms with Crippen LogP contribution in [0.25, 0.3) is 5.69 Å². The van der Waals surface area contributed by atoms with E-state index >= 15 is 0 Å². The minimum absolute atomic E-state index is 0. The summed E-state index contributed by atoms with van der Waals surface area (Å²) in [7, 11) is -0.352. The minimum atomic E-state index is -3.46. The van der Waals surface area contributed by atoms with Crippen molar-refractivity contribution in [3.63, 3.8) is 0 Å². The number of sulfonamides is 1. The molecule has 3 N–H and O–H groups in total. The number of hydrogen-bond donors (Lipinski definition) is 3. The van der Waals surface area contributed by atoms with E-state index in [2.05, 4.69) is 37.6 Å². The molecule has 0 aliphatic heterocycles. The van der Waals surface area contributed by atoms with Gasteiger partial charge in [-0.3, -0.25) is 4.99 Å². The lowest BCUT2D eigenvalue weighted by atomic mass is 10.1. The van der Waals surface area contributed by atoms with E-state index in [1.54, 1.807) is 31.4 Å². The highest BCUT2D eigenvalue weighted by Crippen LogP contribution is 2.11. The van der Waals surface area contributed by atoms with Gasteiger partial charge >= 0.3 is 0 Å². The highest BCUT2D eigenvalue weighted by molar-refractivity contribution is 14.0. The van der Waals surface area contributed by atoms with E-state index in [4.69, 9.17) is 0 Å². The molecule has 0 spiro atoms. The van der Waals surface area contributed by atoms with Crippen LogP contribution in [-0.2, 0) is 23.0 Å². The summed E-state index contributed by atoms with van der Waals surface area (Å²) in [5.41, 5.74) is 3.08. The van der Waals surface area contributed by atoms with E-state index in [1.807, 2.05) is 35.1 Å². The van der Waals surface area contributed by atoms with Gasteiger partial charge in [-0.05, 0) is 54.9 Å². The predicted octanol–water partition coefficient (Wildman–Crippen LogP) is 2.31. The Labute approximate surface area is 200 Å². The Morgan fingerprint density at radius 2 is 1.84 bits per heavy atom. The molecular weight excluding hydrogens is 527 g/mol. The molecule has 3 aromatic rings. The second kappa shape index (κ2) is 11.8. The van der Waals surface area contributed by atoms with Crippen LogP contribution >= 0.6 is 24.0 Å². The number of benzene rings is 2. The average Bonchev–Trinajstić information content (AvgIpc) is 3.31. The largest absolute Gasteiger partial charge is 0.356 e. The lowest BCUT2D eigenvalue weighted by molar-refractivity contribution is 0.588. The molecule has 0 aliphatic carbocycles. The molecule has 31 heavy (non-hydrogen) atoms. The molecular formula is C21H27IN6O2S. The van der Waals surface area contributed by atoms with E-state index in [9.17, 15) is 8.42 Å². The first kappa shape index (κ1) is 24.8. The van der Waals surface area contributed by atoms with Crippen LogP contribution in [-0.4, -0.2) is 44.8 Å². The van der Waals surface area contributed by atoms with Crippen LogP contribution < -0.4 is 15.4 Å². The second-order valence-corrected chi connectivity index (χ2v) is 8.46. The molecule has 0 atom stereocenters. The first-order valence-corrected chi connectivity index (χ1v) is 11.1. The Hall–Kier alpha value is -2.44. The van der Waals surface area contributed by atoms with Crippen molar-refractivity contribution in [2.75, 3.05) is 20.6 Å². The van der Waals surface area contributed by atoms with Crippen LogP contribution in [0.4, 0.5) is 0 Å². The molecule has 1 heterocycles. The van der Waals surface area contributed by atoms with Crippen molar-refractivity contribution in [3.8, 4) is 5.69 Å². The van der Waals surface area contributed by atoms with Gasteiger partial charge in [0.25, 0.3) is 0 Å². The third-order valence-electron chi connectivity index (χ3n) is 4.57. The van der Waals surface area contributed by atoms with Crippen molar-refractivity contribution in [1.29, 1.82) is 0 Å². The lowest BCUT2D eigenvalue weighted by Crippen LogP contribution is -2.37. The zero-order valence-electron chi connectivity index (χ0n) is 17.4. The summed E-state index contributed by atoms with van der Waals surface area (Å²) >= 11 is 0. The van der Waals surface area contributed by atoms with E-state index < -0.39 is 10.0 Å². The van der Waals surface area contributed by atoms with Gasteiger partial charge in [-0.25, -0.2) is 17.8 Å². The summed E-state index contributed by atoms with van der Waals surface area (Å²) in [6.07, 6.45) is 4.51. The summed E-state index contributed by atoms with van der Waals surface area (Å²) in [5.74, 6) is 0.657. The molecule has 0 aliphatic rings. The number of halogens is 1. The van der Waals surface area contributed by atoms with Crippen molar-refractivity contribution >= 4 is 40.0 Å². The summed E-state index contributed by atoms with van der Waals surface area (Å²) in [5, 5.41) is 10.7. The van der Waals surface area contributed by atoms with Gasteiger partial charge in [0.05, 0.1) is 10.6 Å². The molecule has 0 saturated carbocycles. The number of guanidine groups is 1. The zero-order chi connectivity index (χ0) is 21.4. The zero-order valence-corrected chi connectivity index (χ0v) is 20.6. The molecule has 10 heteroatoms. The fourth-order valence-corrected chi connectivity index (χ4v) is 3.71. The first-order valence-electron chi connectivity index (χ1n) is 9.58. The molecule has 0 saturated heterocycles. The smallest absolute Gasteiger partial charge is 0.240 e. The van der Waals surface area contributed by atoms with E-state index in [-0.39, 0.29) is 28.9 Å². The summed E-state index contributed by atoms with van der Waals surface area (Å²) in [6, 6.07) is 17.0. The number of nitrogens with one attached hydrogen (secondary N) is 3. The van der Waals surface area contributed by atoms with Crippen molar-refractivity contribution in [3.05, 3.63) is 78.1 Å². The van der Waals surface area contributed by atoms with Crippen molar-refractivity contribution in [2.24, 2.45) is 4.99 Å². The monoisotopic (exact) mass is 554 g/mol. The molecule has 0 bridgehead atoms. The maximum Gasteiger partial charge on any atom is 0.240 e. The molecule has 0 amide bonds.